The lowest BCUT2D eigenvalue weighted by Gasteiger charge is -2.32. The number of fused-ring (bicyclic) bond motifs is 1. The van der Waals surface area contributed by atoms with E-state index in [2.05, 4.69) is 22.4 Å². The van der Waals surface area contributed by atoms with Gasteiger partial charge in [-0.3, -0.25) is 4.79 Å². The summed E-state index contributed by atoms with van der Waals surface area (Å²) in [6, 6.07) is 9.33. The van der Waals surface area contributed by atoms with Crippen LogP contribution in [-0.2, 0) is 22.4 Å². The molecule has 0 aliphatic carbocycles. The molecule has 0 radical (unpaired) electrons. The Bertz CT molecular complexity index is 1110. The average molecular weight is 455 g/mol. The van der Waals surface area contributed by atoms with E-state index in [0.717, 1.165) is 43.1 Å². The first kappa shape index (κ1) is 22.6. The molecule has 1 aliphatic heterocycles. The predicted octanol–water partition coefficient (Wildman–Crippen LogP) is 2.26. The summed E-state index contributed by atoms with van der Waals surface area (Å²) in [6.45, 7) is 7.33. The molecule has 170 valence electrons. The number of benzene rings is 1. The van der Waals surface area contributed by atoms with Crippen molar-refractivity contribution in [2.24, 2.45) is 0 Å². The molecule has 32 heavy (non-hydrogen) atoms. The molecule has 1 N–H and O–H groups in total. The minimum absolute atomic E-state index is 0.180. The number of nitrogens with zero attached hydrogens (tertiary/aromatic N) is 5. The van der Waals surface area contributed by atoms with Gasteiger partial charge in [-0.25, -0.2) is 9.50 Å². The SMILES string of the molecule is CNc1nn2c(C)c(CCC(=O)N3CCN(C)CC3)c(C)nc2c1[S+]([O-])c1ccccc1. The zero-order chi connectivity index (χ0) is 22.8. The van der Waals surface area contributed by atoms with Crippen LogP contribution in [0.5, 0.6) is 0 Å². The summed E-state index contributed by atoms with van der Waals surface area (Å²) >= 11 is -1.42. The molecular formula is C23H30N6O2S. The number of carbonyl (C=O) groups excluding carboxylic acids is 1. The van der Waals surface area contributed by atoms with E-state index in [1.165, 1.54) is 0 Å². The molecule has 0 spiro atoms. The normalized spacial score (nSPS) is 15.8. The minimum atomic E-state index is -1.42. The summed E-state index contributed by atoms with van der Waals surface area (Å²) < 4.78 is 15.1. The Kier molecular flexibility index (Phi) is 6.68. The highest BCUT2D eigenvalue weighted by Crippen LogP contribution is 2.32. The number of hydrogen-bond donors (Lipinski definition) is 1. The lowest BCUT2D eigenvalue weighted by atomic mass is 10.1. The highest BCUT2D eigenvalue weighted by molar-refractivity contribution is 7.91. The van der Waals surface area contributed by atoms with Gasteiger partial charge in [0.1, 0.15) is 0 Å². The Morgan fingerprint density at radius 3 is 2.50 bits per heavy atom. The lowest BCUT2D eigenvalue weighted by Crippen LogP contribution is -2.47. The molecule has 0 saturated carbocycles. The van der Waals surface area contributed by atoms with E-state index in [1.54, 1.807) is 11.6 Å². The number of hydrogen-bond acceptors (Lipinski definition) is 6. The van der Waals surface area contributed by atoms with Gasteiger partial charge in [-0.2, -0.15) is 0 Å². The van der Waals surface area contributed by atoms with Crippen LogP contribution in [0.25, 0.3) is 5.65 Å². The topological polar surface area (TPSA) is 88.8 Å². The maximum absolute atomic E-state index is 13.3. The van der Waals surface area contributed by atoms with E-state index in [0.29, 0.717) is 34.1 Å². The average Bonchev–Trinajstić information content (AvgIpc) is 3.17. The third-order valence-corrected chi connectivity index (χ3v) is 7.55. The Labute approximate surface area is 191 Å². The van der Waals surface area contributed by atoms with E-state index in [9.17, 15) is 9.35 Å². The first-order valence-electron chi connectivity index (χ1n) is 10.9. The maximum Gasteiger partial charge on any atom is 0.247 e. The number of rotatable bonds is 6. The molecule has 1 fully saturated rings. The van der Waals surface area contributed by atoms with Gasteiger partial charge in [-0.05, 0) is 45.0 Å². The quantitative estimate of drug-likeness (QED) is 0.575. The van der Waals surface area contributed by atoms with Crippen molar-refractivity contribution in [2.45, 2.75) is 36.5 Å². The van der Waals surface area contributed by atoms with Crippen LogP contribution in [0.3, 0.4) is 0 Å². The molecule has 2 aromatic heterocycles. The van der Waals surface area contributed by atoms with Crippen molar-refractivity contribution in [3.8, 4) is 0 Å². The van der Waals surface area contributed by atoms with Gasteiger partial charge in [0.15, 0.2) is 4.90 Å². The zero-order valence-corrected chi connectivity index (χ0v) is 19.9. The maximum atomic E-state index is 13.3. The summed E-state index contributed by atoms with van der Waals surface area (Å²) in [7, 11) is 3.85. The molecule has 8 nitrogen and oxygen atoms in total. The summed E-state index contributed by atoms with van der Waals surface area (Å²) in [6.07, 6.45) is 1.05. The monoisotopic (exact) mass is 454 g/mol. The van der Waals surface area contributed by atoms with E-state index < -0.39 is 11.2 Å². The first-order valence-corrected chi connectivity index (χ1v) is 12.1. The Balaban J connectivity index is 1.63. The molecule has 3 heterocycles. The standard InChI is InChI=1S/C23H30N6O2S/c1-16-19(10-11-20(30)28-14-12-27(4)13-15-28)17(2)29-23(25-16)21(22(24-3)26-29)32(31)18-8-6-5-7-9-18/h5-9H,10-15H2,1-4H3,(H,24,26). The second-order valence-electron chi connectivity index (χ2n) is 8.19. The predicted molar refractivity (Wildman–Crippen MR) is 126 cm³/mol. The van der Waals surface area contributed by atoms with Gasteiger partial charge < -0.3 is 19.7 Å². The number of aromatic nitrogens is 3. The number of piperazine rings is 1. The molecule has 1 atom stereocenters. The number of anilines is 1. The van der Waals surface area contributed by atoms with Crippen LogP contribution < -0.4 is 5.32 Å². The van der Waals surface area contributed by atoms with Crippen molar-refractivity contribution in [3.63, 3.8) is 0 Å². The number of amides is 1. The molecule has 1 saturated heterocycles. The molecule has 1 aromatic carbocycles. The summed E-state index contributed by atoms with van der Waals surface area (Å²) in [5.41, 5.74) is 3.37. The van der Waals surface area contributed by atoms with E-state index >= 15 is 0 Å². The van der Waals surface area contributed by atoms with Gasteiger partial charge in [0.25, 0.3) is 0 Å². The number of nitrogens with one attached hydrogen (secondary N) is 1. The Hall–Kier alpha value is -2.62. The van der Waals surface area contributed by atoms with Crippen LogP contribution in [0, 0.1) is 13.8 Å². The molecule has 9 heteroatoms. The van der Waals surface area contributed by atoms with Crippen molar-refractivity contribution in [2.75, 3.05) is 45.6 Å². The molecule has 4 rings (SSSR count). The third kappa shape index (κ3) is 4.32. The van der Waals surface area contributed by atoms with E-state index in [4.69, 9.17) is 4.98 Å². The number of carbonyl (C=O) groups is 1. The fourth-order valence-electron chi connectivity index (χ4n) is 4.15. The Morgan fingerprint density at radius 2 is 1.84 bits per heavy atom. The van der Waals surface area contributed by atoms with E-state index in [-0.39, 0.29) is 5.91 Å². The van der Waals surface area contributed by atoms with Gasteiger partial charge in [0.05, 0.1) is 0 Å². The smallest absolute Gasteiger partial charge is 0.247 e. The summed E-state index contributed by atoms with van der Waals surface area (Å²) in [5, 5.41) is 7.72. The van der Waals surface area contributed by atoms with Crippen LogP contribution >= 0.6 is 0 Å². The zero-order valence-electron chi connectivity index (χ0n) is 19.1. The van der Waals surface area contributed by atoms with Crippen LogP contribution in [0.2, 0.25) is 0 Å². The van der Waals surface area contributed by atoms with Gasteiger partial charge in [0.2, 0.25) is 22.3 Å². The summed E-state index contributed by atoms with van der Waals surface area (Å²) in [4.78, 5) is 23.0. The number of likely N-dealkylation sites (N-methyl/N-ethyl adjacent to an activating group) is 1. The van der Waals surface area contributed by atoms with Crippen molar-refractivity contribution in [1.82, 2.24) is 24.4 Å². The van der Waals surface area contributed by atoms with Gasteiger partial charge in [-0.15, -0.1) is 5.10 Å². The highest BCUT2D eigenvalue weighted by Gasteiger charge is 2.29. The van der Waals surface area contributed by atoms with Crippen LogP contribution in [0.15, 0.2) is 40.1 Å². The van der Waals surface area contributed by atoms with Gasteiger partial charge >= 0.3 is 0 Å². The summed E-state index contributed by atoms with van der Waals surface area (Å²) in [5.74, 6) is 0.729. The van der Waals surface area contributed by atoms with Crippen molar-refractivity contribution in [1.29, 1.82) is 0 Å². The largest absolute Gasteiger partial charge is 0.606 e. The lowest BCUT2D eigenvalue weighted by molar-refractivity contribution is -0.132. The molecular weight excluding hydrogens is 424 g/mol. The Morgan fingerprint density at radius 1 is 1.16 bits per heavy atom. The van der Waals surface area contributed by atoms with Crippen LogP contribution in [0.1, 0.15) is 23.4 Å². The molecule has 1 amide bonds. The molecule has 3 aromatic rings. The second kappa shape index (κ2) is 9.48. The van der Waals surface area contributed by atoms with Gasteiger partial charge in [0, 0.05) is 62.2 Å². The van der Waals surface area contributed by atoms with E-state index in [1.807, 2.05) is 49.1 Å². The van der Waals surface area contributed by atoms with Crippen LogP contribution in [-0.4, -0.2) is 75.1 Å². The van der Waals surface area contributed by atoms with Gasteiger partial charge in [-0.1, -0.05) is 18.2 Å². The highest BCUT2D eigenvalue weighted by atomic mass is 32.2. The van der Waals surface area contributed by atoms with Crippen LogP contribution in [0.4, 0.5) is 5.82 Å². The van der Waals surface area contributed by atoms with Crippen molar-refractivity contribution < 1.29 is 9.35 Å². The fourth-order valence-corrected chi connectivity index (χ4v) is 5.40. The molecule has 1 unspecified atom stereocenters. The second-order valence-corrected chi connectivity index (χ2v) is 9.61. The molecule has 0 bridgehead atoms. The number of aryl methyl sites for hydroxylation is 2. The van der Waals surface area contributed by atoms with Crippen molar-refractivity contribution in [3.05, 3.63) is 47.3 Å². The third-order valence-electron chi connectivity index (χ3n) is 6.11. The van der Waals surface area contributed by atoms with Crippen molar-refractivity contribution >= 4 is 28.5 Å². The minimum Gasteiger partial charge on any atom is -0.606 e. The fraction of sp³-hybridized carbons (Fsp3) is 0.435. The first-order chi connectivity index (χ1) is 15.4. The molecule has 1 aliphatic rings.